The molecule has 0 saturated heterocycles. The van der Waals surface area contributed by atoms with Crippen molar-refractivity contribution in [2.24, 2.45) is 0 Å². The summed E-state index contributed by atoms with van der Waals surface area (Å²) in [7, 11) is 1.23. The summed E-state index contributed by atoms with van der Waals surface area (Å²) in [6.45, 7) is 1.68. The average molecular weight is 316 g/mol. The number of halogens is 3. The topological polar surface area (TPSA) is 51.2 Å². The Kier molecular flexibility index (Phi) is 4.17. The number of rotatable bonds is 3. The van der Waals surface area contributed by atoms with E-state index in [0.717, 1.165) is 23.5 Å². The number of methoxy groups -OCH3 is 1. The van der Waals surface area contributed by atoms with Crippen LogP contribution >= 0.6 is 11.3 Å². The van der Waals surface area contributed by atoms with Gasteiger partial charge in [-0.25, -0.2) is 9.78 Å². The van der Waals surface area contributed by atoms with Crippen molar-refractivity contribution in [1.82, 2.24) is 4.98 Å². The lowest BCUT2D eigenvalue weighted by Gasteiger charge is -2.11. The van der Waals surface area contributed by atoms with Crippen molar-refractivity contribution >= 4 is 28.1 Å². The molecule has 0 amide bonds. The van der Waals surface area contributed by atoms with Crippen LogP contribution in [-0.2, 0) is 10.9 Å². The van der Waals surface area contributed by atoms with Gasteiger partial charge in [0.25, 0.3) is 0 Å². The van der Waals surface area contributed by atoms with Gasteiger partial charge in [0, 0.05) is 11.1 Å². The maximum Gasteiger partial charge on any atom is 0.416 e. The van der Waals surface area contributed by atoms with E-state index in [9.17, 15) is 18.0 Å². The van der Waals surface area contributed by atoms with Crippen LogP contribution in [0.3, 0.4) is 0 Å². The van der Waals surface area contributed by atoms with Crippen molar-refractivity contribution in [3.05, 3.63) is 40.4 Å². The van der Waals surface area contributed by atoms with Crippen molar-refractivity contribution < 1.29 is 22.7 Å². The lowest BCUT2D eigenvalue weighted by Crippen LogP contribution is -2.06. The standard InChI is InChI=1S/C13H11F3N2O2S/c1-7-3-4-8(13(14,15)16)5-9(7)17-12-18-10(6-21-12)11(19)20-2/h3-6H,1-2H3,(H,17,18). The zero-order valence-electron chi connectivity index (χ0n) is 11.1. The minimum absolute atomic E-state index is 0.106. The van der Waals surface area contributed by atoms with E-state index in [4.69, 9.17) is 0 Å². The average Bonchev–Trinajstić information content (AvgIpc) is 2.87. The fourth-order valence-electron chi connectivity index (χ4n) is 1.58. The van der Waals surface area contributed by atoms with E-state index >= 15 is 0 Å². The first kappa shape index (κ1) is 15.3. The maximum absolute atomic E-state index is 12.7. The molecule has 0 spiro atoms. The number of alkyl halides is 3. The van der Waals surface area contributed by atoms with Gasteiger partial charge in [0.2, 0.25) is 0 Å². The van der Waals surface area contributed by atoms with E-state index in [1.54, 1.807) is 6.92 Å². The van der Waals surface area contributed by atoms with Crippen molar-refractivity contribution in [2.45, 2.75) is 13.1 Å². The van der Waals surface area contributed by atoms with Gasteiger partial charge < -0.3 is 10.1 Å². The van der Waals surface area contributed by atoms with Crippen LogP contribution in [0.5, 0.6) is 0 Å². The van der Waals surface area contributed by atoms with E-state index in [1.807, 2.05) is 0 Å². The number of carbonyl (C=O) groups is 1. The lowest BCUT2D eigenvalue weighted by molar-refractivity contribution is -0.137. The summed E-state index contributed by atoms with van der Waals surface area (Å²) in [6, 6.07) is 3.40. The van der Waals surface area contributed by atoms with Gasteiger partial charge in [-0.2, -0.15) is 13.2 Å². The number of thiazole rings is 1. The third-order valence-electron chi connectivity index (χ3n) is 2.71. The molecule has 1 heterocycles. The number of nitrogens with zero attached hydrogens (tertiary/aromatic N) is 1. The van der Waals surface area contributed by atoms with Gasteiger partial charge in [0.15, 0.2) is 10.8 Å². The molecule has 1 N–H and O–H groups in total. The molecule has 2 rings (SSSR count). The van der Waals surface area contributed by atoms with Gasteiger partial charge in [-0.1, -0.05) is 6.07 Å². The molecule has 112 valence electrons. The summed E-state index contributed by atoms with van der Waals surface area (Å²) in [5, 5.41) is 4.57. The van der Waals surface area contributed by atoms with Gasteiger partial charge in [0.1, 0.15) is 0 Å². The molecule has 1 aromatic heterocycles. The number of aryl methyl sites for hydroxylation is 1. The van der Waals surface area contributed by atoms with Crippen molar-refractivity contribution in [3.8, 4) is 0 Å². The van der Waals surface area contributed by atoms with E-state index in [-0.39, 0.29) is 11.4 Å². The molecule has 0 aliphatic rings. The predicted molar refractivity (Wildman–Crippen MR) is 72.9 cm³/mol. The molecule has 21 heavy (non-hydrogen) atoms. The number of ether oxygens (including phenoxy) is 1. The summed E-state index contributed by atoms with van der Waals surface area (Å²) < 4.78 is 42.6. The molecule has 8 heteroatoms. The number of benzene rings is 1. The zero-order chi connectivity index (χ0) is 15.6. The fourth-order valence-corrected chi connectivity index (χ4v) is 2.27. The number of carbonyl (C=O) groups excluding carboxylic acids is 1. The molecule has 0 saturated carbocycles. The zero-order valence-corrected chi connectivity index (χ0v) is 11.9. The third kappa shape index (κ3) is 3.52. The Bertz CT molecular complexity index is 668. The number of hydrogen-bond donors (Lipinski definition) is 1. The quantitative estimate of drug-likeness (QED) is 0.870. The largest absolute Gasteiger partial charge is 0.464 e. The second kappa shape index (κ2) is 5.72. The summed E-state index contributed by atoms with van der Waals surface area (Å²) in [4.78, 5) is 15.2. The normalized spacial score (nSPS) is 11.3. The van der Waals surface area contributed by atoms with Crippen LogP contribution < -0.4 is 5.32 Å². The summed E-state index contributed by atoms with van der Waals surface area (Å²) in [5.41, 5.74) is 0.281. The lowest BCUT2D eigenvalue weighted by atomic mass is 10.1. The minimum atomic E-state index is -4.41. The second-order valence-corrected chi connectivity index (χ2v) is 5.04. The van der Waals surface area contributed by atoms with E-state index in [0.29, 0.717) is 10.7 Å². The molecule has 1 aromatic carbocycles. The van der Waals surface area contributed by atoms with Crippen molar-refractivity contribution in [3.63, 3.8) is 0 Å². The van der Waals surface area contributed by atoms with E-state index in [1.165, 1.54) is 18.6 Å². The highest BCUT2D eigenvalue weighted by molar-refractivity contribution is 7.14. The van der Waals surface area contributed by atoms with Crippen molar-refractivity contribution in [2.75, 3.05) is 12.4 Å². The Hall–Kier alpha value is -2.09. The highest BCUT2D eigenvalue weighted by Crippen LogP contribution is 2.33. The SMILES string of the molecule is COC(=O)c1csc(Nc2cc(C(F)(F)F)ccc2C)n1. The molecule has 0 bridgehead atoms. The highest BCUT2D eigenvalue weighted by Gasteiger charge is 2.30. The Morgan fingerprint density at radius 2 is 2.10 bits per heavy atom. The Labute approximate surface area is 122 Å². The first-order chi connectivity index (χ1) is 9.81. The Morgan fingerprint density at radius 3 is 2.71 bits per heavy atom. The number of aromatic nitrogens is 1. The maximum atomic E-state index is 12.7. The van der Waals surface area contributed by atoms with Crippen LogP contribution in [0.1, 0.15) is 21.6 Å². The van der Waals surface area contributed by atoms with Crippen LogP contribution in [0, 0.1) is 6.92 Å². The first-order valence-corrected chi connectivity index (χ1v) is 6.68. The molecular formula is C13H11F3N2O2S. The van der Waals surface area contributed by atoms with Gasteiger partial charge in [0.05, 0.1) is 12.7 Å². The Morgan fingerprint density at radius 1 is 1.38 bits per heavy atom. The number of hydrogen-bond acceptors (Lipinski definition) is 5. The molecule has 0 fully saturated rings. The first-order valence-electron chi connectivity index (χ1n) is 5.80. The third-order valence-corrected chi connectivity index (χ3v) is 3.46. The smallest absolute Gasteiger partial charge is 0.416 e. The highest BCUT2D eigenvalue weighted by atomic mass is 32.1. The molecule has 0 aliphatic heterocycles. The number of anilines is 2. The molecule has 0 radical (unpaired) electrons. The molecule has 0 atom stereocenters. The molecule has 0 aliphatic carbocycles. The molecule has 4 nitrogen and oxygen atoms in total. The molecule has 0 unspecified atom stereocenters. The Balaban J connectivity index is 2.27. The summed E-state index contributed by atoms with van der Waals surface area (Å²) >= 11 is 1.11. The molecule has 2 aromatic rings. The fraction of sp³-hybridized carbons (Fsp3) is 0.231. The van der Waals surface area contributed by atoms with E-state index in [2.05, 4.69) is 15.0 Å². The number of esters is 1. The van der Waals surface area contributed by atoms with Gasteiger partial charge in [-0.15, -0.1) is 11.3 Å². The van der Waals surface area contributed by atoms with Crippen LogP contribution in [0.15, 0.2) is 23.6 Å². The second-order valence-electron chi connectivity index (χ2n) is 4.18. The molecular weight excluding hydrogens is 305 g/mol. The van der Waals surface area contributed by atoms with Gasteiger partial charge in [-0.3, -0.25) is 0 Å². The predicted octanol–water partition coefficient (Wildman–Crippen LogP) is 4.00. The van der Waals surface area contributed by atoms with Crippen LogP contribution in [0.4, 0.5) is 24.0 Å². The van der Waals surface area contributed by atoms with Crippen LogP contribution in [0.25, 0.3) is 0 Å². The minimum Gasteiger partial charge on any atom is -0.464 e. The van der Waals surface area contributed by atoms with Gasteiger partial charge in [-0.05, 0) is 24.6 Å². The van der Waals surface area contributed by atoms with E-state index < -0.39 is 17.7 Å². The number of nitrogens with one attached hydrogen (secondary N) is 1. The van der Waals surface area contributed by atoms with Crippen molar-refractivity contribution in [1.29, 1.82) is 0 Å². The monoisotopic (exact) mass is 316 g/mol. The van der Waals surface area contributed by atoms with Crippen LogP contribution in [-0.4, -0.2) is 18.1 Å². The van der Waals surface area contributed by atoms with Gasteiger partial charge >= 0.3 is 12.1 Å². The summed E-state index contributed by atoms with van der Waals surface area (Å²) in [6.07, 6.45) is -4.41. The summed E-state index contributed by atoms with van der Waals surface area (Å²) in [5.74, 6) is -0.597. The van der Waals surface area contributed by atoms with Crippen LogP contribution in [0.2, 0.25) is 0 Å².